The van der Waals surface area contributed by atoms with Gasteiger partial charge in [0.2, 0.25) is 0 Å². The zero-order chi connectivity index (χ0) is 12.3. The van der Waals surface area contributed by atoms with Gasteiger partial charge in [0.1, 0.15) is 0 Å². The number of nitrogen functional groups attached to an aromatic ring is 1. The Balaban J connectivity index is 2.09. The molecule has 1 atom stereocenters. The first-order valence-corrected chi connectivity index (χ1v) is 6.66. The number of benzene rings is 1. The van der Waals surface area contributed by atoms with Crippen LogP contribution in [0.25, 0.3) is 0 Å². The van der Waals surface area contributed by atoms with Crippen molar-refractivity contribution < 1.29 is 0 Å². The van der Waals surface area contributed by atoms with Crippen molar-refractivity contribution in [3.05, 3.63) is 46.7 Å². The molecule has 2 aromatic rings. The van der Waals surface area contributed by atoms with Crippen LogP contribution in [0.2, 0.25) is 0 Å². The molecule has 0 amide bonds. The maximum Gasteiger partial charge on any atom is 0.0599 e. The summed E-state index contributed by atoms with van der Waals surface area (Å²) in [5, 5.41) is 2.12. The van der Waals surface area contributed by atoms with Crippen molar-refractivity contribution in [2.24, 2.45) is 0 Å². The Hall–Kier alpha value is -1.48. The maximum absolute atomic E-state index is 5.99. The van der Waals surface area contributed by atoms with Gasteiger partial charge in [-0.25, -0.2) is 0 Å². The van der Waals surface area contributed by atoms with Gasteiger partial charge >= 0.3 is 0 Å². The molecule has 0 aliphatic rings. The molecule has 2 N–H and O–H groups in total. The van der Waals surface area contributed by atoms with E-state index < -0.39 is 0 Å². The molecule has 0 radical (unpaired) electrons. The summed E-state index contributed by atoms with van der Waals surface area (Å²) in [6, 6.07) is 12.7. The first kappa shape index (κ1) is 12.0. The van der Waals surface area contributed by atoms with E-state index in [-0.39, 0.29) is 0 Å². The van der Waals surface area contributed by atoms with Gasteiger partial charge in [-0.05, 0) is 30.5 Å². The highest BCUT2D eigenvalue weighted by Crippen LogP contribution is 2.24. The topological polar surface area (TPSA) is 29.3 Å². The number of nitrogens with two attached hydrogens (primary N) is 1. The van der Waals surface area contributed by atoms with E-state index in [1.807, 2.05) is 29.5 Å². The van der Waals surface area contributed by atoms with Gasteiger partial charge < -0.3 is 10.6 Å². The largest absolute Gasteiger partial charge is 0.397 e. The minimum atomic E-state index is 0.443. The molecular weight excluding hydrogens is 228 g/mol. The predicted octanol–water partition coefficient (Wildman–Crippen LogP) is 3.40. The normalized spacial score (nSPS) is 12.4. The van der Waals surface area contributed by atoms with Crippen molar-refractivity contribution in [2.45, 2.75) is 19.4 Å². The lowest BCUT2D eigenvalue weighted by molar-refractivity contribution is 0.689. The lowest BCUT2D eigenvalue weighted by atomic mass is 10.1. The van der Waals surface area contributed by atoms with Gasteiger partial charge in [0, 0.05) is 24.4 Å². The fraction of sp³-hybridized carbons (Fsp3) is 0.286. The molecule has 0 aliphatic heterocycles. The summed E-state index contributed by atoms with van der Waals surface area (Å²) in [5.41, 5.74) is 7.94. The first-order chi connectivity index (χ1) is 8.18. The Kier molecular flexibility index (Phi) is 3.69. The van der Waals surface area contributed by atoms with Crippen LogP contribution in [0.1, 0.15) is 11.8 Å². The molecule has 2 rings (SSSR count). The molecule has 0 fully saturated rings. The average molecular weight is 246 g/mol. The molecule has 17 heavy (non-hydrogen) atoms. The molecular formula is C14H18N2S. The first-order valence-electron chi connectivity index (χ1n) is 5.78. The highest BCUT2D eigenvalue weighted by molar-refractivity contribution is 7.09. The SMILES string of the molecule is CC(Cc1cccs1)N(C)c1ccccc1N. The van der Waals surface area contributed by atoms with Gasteiger partial charge in [-0.3, -0.25) is 0 Å². The van der Waals surface area contributed by atoms with Crippen LogP contribution in [0, 0.1) is 0 Å². The predicted molar refractivity (Wildman–Crippen MR) is 76.7 cm³/mol. The third kappa shape index (κ3) is 2.80. The van der Waals surface area contributed by atoms with Gasteiger partial charge in [-0.15, -0.1) is 11.3 Å². The van der Waals surface area contributed by atoms with Crippen molar-refractivity contribution >= 4 is 22.7 Å². The number of hydrogen-bond acceptors (Lipinski definition) is 3. The highest BCUT2D eigenvalue weighted by Gasteiger charge is 2.13. The second kappa shape index (κ2) is 5.23. The summed E-state index contributed by atoms with van der Waals surface area (Å²) >= 11 is 1.81. The molecule has 0 saturated carbocycles. The van der Waals surface area contributed by atoms with Gasteiger partial charge in [-0.1, -0.05) is 18.2 Å². The van der Waals surface area contributed by atoms with E-state index in [0.29, 0.717) is 6.04 Å². The van der Waals surface area contributed by atoms with Crippen LogP contribution >= 0.6 is 11.3 Å². The van der Waals surface area contributed by atoms with Crippen molar-refractivity contribution in [3.63, 3.8) is 0 Å². The van der Waals surface area contributed by atoms with Gasteiger partial charge in [0.15, 0.2) is 0 Å². The zero-order valence-electron chi connectivity index (χ0n) is 10.3. The lowest BCUT2D eigenvalue weighted by Crippen LogP contribution is -2.31. The summed E-state index contributed by atoms with van der Waals surface area (Å²) < 4.78 is 0. The zero-order valence-corrected chi connectivity index (χ0v) is 11.1. The number of hydrogen-bond donors (Lipinski definition) is 1. The Labute approximate surface area is 107 Å². The fourth-order valence-corrected chi connectivity index (χ4v) is 2.73. The van der Waals surface area contributed by atoms with Crippen molar-refractivity contribution in [1.29, 1.82) is 0 Å². The Morgan fingerprint density at radius 2 is 2.00 bits per heavy atom. The third-order valence-corrected chi connectivity index (χ3v) is 3.95. The number of para-hydroxylation sites is 2. The van der Waals surface area contributed by atoms with E-state index in [2.05, 4.69) is 42.5 Å². The molecule has 3 heteroatoms. The summed E-state index contributed by atoms with van der Waals surface area (Å²) in [7, 11) is 2.10. The number of nitrogens with zero attached hydrogens (tertiary/aromatic N) is 1. The number of likely N-dealkylation sites (N-methyl/N-ethyl adjacent to an activating group) is 1. The van der Waals surface area contributed by atoms with Gasteiger partial charge in [-0.2, -0.15) is 0 Å². The fourth-order valence-electron chi connectivity index (χ4n) is 1.90. The average Bonchev–Trinajstić information content (AvgIpc) is 2.81. The molecule has 1 heterocycles. The Morgan fingerprint density at radius 1 is 1.24 bits per heavy atom. The van der Waals surface area contributed by atoms with E-state index in [1.54, 1.807) is 0 Å². The third-order valence-electron chi connectivity index (χ3n) is 3.05. The van der Waals surface area contributed by atoms with Crippen LogP contribution in [-0.2, 0) is 6.42 Å². The highest BCUT2D eigenvalue weighted by atomic mass is 32.1. The molecule has 0 bridgehead atoms. The van der Waals surface area contributed by atoms with Crippen LogP contribution < -0.4 is 10.6 Å². The monoisotopic (exact) mass is 246 g/mol. The van der Waals surface area contributed by atoms with Crippen LogP contribution in [0.3, 0.4) is 0 Å². The standard InChI is InChI=1S/C14H18N2S/c1-11(10-12-6-5-9-17-12)16(2)14-8-4-3-7-13(14)15/h3-9,11H,10,15H2,1-2H3. The van der Waals surface area contributed by atoms with Crippen molar-refractivity contribution in [1.82, 2.24) is 0 Å². The minimum absolute atomic E-state index is 0.443. The smallest absolute Gasteiger partial charge is 0.0599 e. The molecule has 1 aromatic carbocycles. The van der Waals surface area contributed by atoms with Crippen LogP contribution in [0.5, 0.6) is 0 Å². The number of rotatable bonds is 4. The molecule has 0 aliphatic carbocycles. The van der Waals surface area contributed by atoms with Crippen molar-refractivity contribution in [2.75, 3.05) is 17.7 Å². The van der Waals surface area contributed by atoms with Gasteiger partial charge in [0.05, 0.1) is 11.4 Å². The molecule has 1 aromatic heterocycles. The van der Waals surface area contributed by atoms with E-state index in [0.717, 1.165) is 17.8 Å². The summed E-state index contributed by atoms with van der Waals surface area (Å²) in [5.74, 6) is 0. The Morgan fingerprint density at radius 3 is 2.65 bits per heavy atom. The second-order valence-electron chi connectivity index (χ2n) is 4.30. The number of thiophene rings is 1. The second-order valence-corrected chi connectivity index (χ2v) is 5.33. The van der Waals surface area contributed by atoms with E-state index in [1.165, 1.54) is 4.88 Å². The summed E-state index contributed by atoms with van der Waals surface area (Å²) in [6.07, 6.45) is 1.06. The molecule has 0 saturated heterocycles. The molecule has 90 valence electrons. The minimum Gasteiger partial charge on any atom is -0.397 e. The molecule has 0 spiro atoms. The van der Waals surface area contributed by atoms with E-state index >= 15 is 0 Å². The molecule has 2 nitrogen and oxygen atoms in total. The van der Waals surface area contributed by atoms with Crippen LogP contribution in [0.15, 0.2) is 41.8 Å². The quantitative estimate of drug-likeness (QED) is 0.838. The lowest BCUT2D eigenvalue weighted by Gasteiger charge is -2.27. The Bertz CT molecular complexity index is 465. The summed E-state index contributed by atoms with van der Waals surface area (Å²) in [4.78, 5) is 3.66. The number of anilines is 2. The van der Waals surface area contributed by atoms with E-state index in [9.17, 15) is 0 Å². The molecule has 1 unspecified atom stereocenters. The maximum atomic E-state index is 5.99. The van der Waals surface area contributed by atoms with Crippen LogP contribution in [0.4, 0.5) is 11.4 Å². The van der Waals surface area contributed by atoms with Crippen molar-refractivity contribution in [3.8, 4) is 0 Å². The summed E-state index contributed by atoms with van der Waals surface area (Å²) in [6.45, 7) is 2.23. The van der Waals surface area contributed by atoms with E-state index in [4.69, 9.17) is 5.73 Å². The van der Waals surface area contributed by atoms with Crippen LogP contribution in [-0.4, -0.2) is 13.1 Å². The van der Waals surface area contributed by atoms with Gasteiger partial charge in [0.25, 0.3) is 0 Å².